The summed E-state index contributed by atoms with van der Waals surface area (Å²) in [6, 6.07) is 20.2. The van der Waals surface area contributed by atoms with Crippen LogP contribution in [-0.2, 0) is 31.2 Å². The number of hydrogen-bond acceptors (Lipinski definition) is 5. The second-order valence-electron chi connectivity index (χ2n) is 8.33. The molecule has 0 atom stereocenters. The lowest BCUT2D eigenvalue weighted by molar-refractivity contribution is -0.117. The molecule has 1 amide bonds. The van der Waals surface area contributed by atoms with Gasteiger partial charge >= 0.3 is 0 Å². The summed E-state index contributed by atoms with van der Waals surface area (Å²) in [4.78, 5) is 15.1. The summed E-state index contributed by atoms with van der Waals surface area (Å²) >= 11 is 0. The summed E-state index contributed by atoms with van der Waals surface area (Å²) in [5, 5.41) is 16.2. The average molecular weight is 442 g/mol. The molecule has 8 nitrogen and oxygen atoms in total. The van der Waals surface area contributed by atoms with Crippen molar-refractivity contribution >= 4 is 11.7 Å². The number of nitrogens with one attached hydrogen (secondary N) is 1. The Morgan fingerprint density at radius 1 is 1.09 bits per heavy atom. The Balaban J connectivity index is 1.37. The van der Waals surface area contributed by atoms with Crippen molar-refractivity contribution in [3.63, 3.8) is 0 Å². The molecular weight excluding hydrogens is 414 g/mol. The number of carbonyl (C=O) groups excluding carboxylic acids is 1. The first-order chi connectivity index (χ1) is 16.1. The van der Waals surface area contributed by atoms with E-state index in [1.807, 2.05) is 48.1 Å². The Hall–Kier alpha value is -3.78. The number of aromatic nitrogens is 5. The van der Waals surface area contributed by atoms with Gasteiger partial charge in [-0.2, -0.15) is 5.10 Å². The van der Waals surface area contributed by atoms with E-state index in [4.69, 9.17) is 5.10 Å². The predicted octanol–water partition coefficient (Wildman–Crippen LogP) is 3.23. The molecule has 2 aromatic heterocycles. The van der Waals surface area contributed by atoms with Gasteiger partial charge in [0.15, 0.2) is 0 Å². The van der Waals surface area contributed by atoms with Crippen LogP contribution in [-0.4, -0.2) is 48.7 Å². The molecule has 168 valence electrons. The molecule has 0 saturated carbocycles. The van der Waals surface area contributed by atoms with Crippen LogP contribution < -0.4 is 5.32 Å². The van der Waals surface area contributed by atoms with Crippen molar-refractivity contribution in [3.05, 3.63) is 77.6 Å². The molecule has 4 aromatic rings. The van der Waals surface area contributed by atoms with Gasteiger partial charge in [0.25, 0.3) is 0 Å². The summed E-state index contributed by atoms with van der Waals surface area (Å²) in [6.07, 6.45) is 1.83. The molecule has 0 radical (unpaired) electrons. The molecule has 1 aliphatic rings. The molecule has 8 heteroatoms. The fraction of sp³-hybridized carbons (Fsp3) is 0.280. The van der Waals surface area contributed by atoms with E-state index < -0.39 is 0 Å². The van der Waals surface area contributed by atoms with E-state index in [2.05, 4.69) is 51.7 Å². The van der Waals surface area contributed by atoms with Crippen LogP contribution in [0.4, 0.5) is 5.82 Å². The SMILES string of the molecule is CCc1ccc(-c2cc(NC(=O)CN3CCc4c(nnn4C)C3)n(-c3ccccc3)n2)cc1. The predicted molar refractivity (Wildman–Crippen MR) is 127 cm³/mol. The highest BCUT2D eigenvalue weighted by atomic mass is 16.2. The van der Waals surface area contributed by atoms with E-state index in [1.165, 1.54) is 5.56 Å². The van der Waals surface area contributed by atoms with Gasteiger partial charge in [-0.15, -0.1) is 5.10 Å². The minimum atomic E-state index is -0.0766. The highest BCUT2D eigenvalue weighted by Gasteiger charge is 2.23. The fourth-order valence-electron chi connectivity index (χ4n) is 4.21. The van der Waals surface area contributed by atoms with Gasteiger partial charge in [-0.3, -0.25) is 14.4 Å². The van der Waals surface area contributed by atoms with Crippen LogP contribution in [0.3, 0.4) is 0 Å². The number of amides is 1. The summed E-state index contributed by atoms with van der Waals surface area (Å²) in [5.74, 6) is 0.574. The molecule has 5 rings (SSSR count). The van der Waals surface area contributed by atoms with E-state index >= 15 is 0 Å². The minimum Gasteiger partial charge on any atom is -0.309 e. The normalized spacial score (nSPS) is 13.6. The van der Waals surface area contributed by atoms with Crippen LogP contribution in [0, 0.1) is 0 Å². The van der Waals surface area contributed by atoms with Crippen molar-refractivity contribution in [2.45, 2.75) is 26.3 Å². The molecule has 3 heterocycles. The second-order valence-corrected chi connectivity index (χ2v) is 8.33. The lowest BCUT2D eigenvalue weighted by Crippen LogP contribution is -2.37. The number of nitrogens with zero attached hydrogens (tertiary/aromatic N) is 6. The smallest absolute Gasteiger partial charge is 0.239 e. The molecule has 1 N–H and O–H groups in total. The Kier molecular flexibility index (Phi) is 5.75. The zero-order chi connectivity index (χ0) is 22.8. The van der Waals surface area contributed by atoms with Gasteiger partial charge in [-0.25, -0.2) is 4.68 Å². The number of hydrogen-bond donors (Lipinski definition) is 1. The van der Waals surface area contributed by atoms with E-state index in [0.717, 1.165) is 47.7 Å². The molecule has 0 saturated heterocycles. The van der Waals surface area contributed by atoms with E-state index in [9.17, 15) is 4.79 Å². The third-order valence-corrected chi connectivity index (χ3v) is 6.06. The van der Waals surface area contributed by atoms with Gasteiger partial charge in [0.2, 0.25) is 5.91 Å². The molecule has 0 bridgehead atoms. The number of fused-ring (bicyclic) bond motifs is 1. The van der Waals surface area contributed by atoms with Crippen LogP contribution in [0.15, 0.2) is 60.7 Å². The molecular formula is C25H27N7O. The van der Waals surface area contributed by atoms with Crippen molar-refractivity contribution in [2.24, 2.45) is 7.05 Å². The summed E-state index contributed by atoms with van der Waals surface area (Å²) in [7, 11) is 1.91. The summed E-state index contributed by atoms with van der Waals surface area (Å²) in [5.41, 5.74) is 6.10. The Morgan fingerprint density at radius 2 is 1.88 bits per heavy atom. The molecule has 33 heavy (non-hydrogen) atoms. The largest absolute Gasteiger partial charge is 0.309 e. The van der Waals surface area contributed by atoms with Crippen molar-refractivity contribution in [1.29, 1.82) is 0 Å². The quantitative estimate of drug-likeness (QED) is 0.497. The highest BCUT2D eigenvalue weighted by Crippen LogP contribution is 2.25. The maximum absolute atomic E-state index is 13.0. The number of para-hydroxylation sites is 1. The van der Waals surface area contributed by atoms with Crippen LogP contribution in [0.5, 0.6) is 0 Å². The lowest BCUT2D eigenvalue weighted by Gasteiger charge is -2.25. The van der Waals surface area contributed by atoms with E-state index in [-0.39, 0.29) is 12.5 Å². The summed E-state index contributed by atoms with van der Waals surface area (Å²) < 4.78 is 3.61. The topological polar surface area (TPSA) is 80.9 Å². The van der Waals surface area contributed by atoms with Crippen molar-refractivity contribution in [3.8, 4) is 16.9 Å². The van der Waals surface area contributed by atoms with E-state index in [0.29, 0.717) is 12.4 Å². The summed E-state index contributed by atoms with van der Waals surface area (Å²) in [6.45, 7) is 3.86. The average Bonchev–Trinajstić information content (AvgIpc) is 3.43. The Bertz CT molecular complexity index is 1260. The molecule has 1 aliphatic heterocycles. The van der Waals surface area contributed by atoms with Crippen molar-refractivity contribution < 1.29 is 4.79 Å². The lowest BCUT2D eigenvalue weighted by atomic mass is 10.1. The van der Waals surface area contributed by atoms with E-state index in [1.54, 1.807) is 4.68 Å². The Labute approximate surface area is 192 Å². The number of benzene rings is 2. The molecule has 0 unspecified atom stereocenters. The zero-order valence-electron chi connectivity index (χ0n) is 18.9. The maximum Gasteiger partial charge on any atom is 0.239 e. The van der Waals surface area contributed by atoms with Crippen LogP contribution in [0.1, 0.15) is 23.9 Å². The maximum atomic E-state index is 13.0. The first-order valence-corrected chi connectivity index (χ1v) is 11.2. The number of rotatable bonds is 6. The Morgan fingerprint density at radius 3 is 2.64 bits per heavy atom. The molecule has 2 aromatic carbocycles. The standard InChI is InChI=1S/C25H27N7O/c1-3-18-9-11-19(12-10-18)21-15-24(32(28-21)20-7-5-4-6-8-20)26-25(33)17-31-14-13-23-22(16-31)27-29-30(23)2/h4-12,15H,3,13-14,16-17H2,1-2H3,(H,26,33). The van der Waals surface area contributed by atoms with Crippen molar-refractivity contribution in [2.75, 3.05) is 18.4 Å². The van der Waals surface area contributed by atoms with Gasteiger partial charge in [0.1, 0.15) is 5.82 Å². The highest BCUT2D eigenvalue weighted by molar-refractivity contribution is 5.92. The molecule has 0 spiro atoms. The number of anilines is 1. The number of aryl methyl sites for hydroxylation is 2. The zero-order valence-corrected chi connectivity index (χ0v) is 18.9. The third-order valence-electron chi connectivity index (χ3n) is 6.06. The molecule has 0 fully saturated rings. The monoisotopic (exact) mass is 441 g/mol. The molecule has 0 aliphatic carbocycles. The van der Waals surface area contributed by atoms with Crippen molar-refractivity contribution in [1.82, 2.24) is 29.7 Å². The van der Waals surface area contributed by atoms with Gasteiger partial charge in [0.05, 0.1) is 29.3 Å². The first kappa shape index (κ1) is 21.1. The fourth-order valence-corrected chi connectivity index (χ4v) is 4.21. The number of carbonyl (C=O) groups is 1. The second kappa shape index (κ2) is 8.99. The van der Waals surface area contributed by atoms with Gasteiger partial charge in [-0.05, 0) is 24.1 Å². The van der Waals surface area contributed by atoms with Gasteiger partial charge in [0, 0.05) is 38.2 Å². The van der Waals surface area contributed by atoms with Crippen LogP contribution in [0.25, 0.3) is 16.9 Å². The third kappa shape index (κ3) is 4.42. The minimum absolute atomic E-state index is 0.0766. The van der Waals surface area contributed by atoms with Crippen LogP contribution >= 0.6 is 0 Å². The van der Waals surface area contributed by atoms with Gasteiger partial charge < -0.3 is 5.32 Å². The first-order valence-electron chi connectivity index (χ1n) is 11.2. The van der Waals surface area contributed by atoms with Crippen LogP contribution in [0.2, 0.25) is 0 Å². The van der Waals surface area contributed by atoms with Gasteiger partial charge in [-0.1, -0.05) is 54.6 Å².